The molecule has 9 heteroatoms. The molecule has 2 amide bonds. The normalized spacial score (nSPS) is 18.7. The number of hydrogen-bond donors (Lipinski definition) is 0. The van der Waals surface area contributed by atoms with E-state index in [9.17, 15) is 14.4 Å². The van der Waals surface area contributed by atoms with Crippen molar-refractivity contribution in [3.05, 3.63) is 45.4 Å². The summed E-state index contributed by atoms with van der Waals surface area (Å²) in [5, 5.41) is 2.76. The molecule has 1 aromatic heterocycles. The number of aromatic nitrogens is 1. The van der Waals surface area contributed by atoms with Gasteiger partial charge < -0.3 is 19.3 Å². The van der Waals surface area contributed by atoms with Crippen molar-refractivity contribution in [2.75, 3.05) is 39.4 Å². The molecule has 1 unspecified atom stereocenters. The van der Waals surface area contributed by atoms with Crippen LogP contribution in [0, 0.1) is 19.8 Å². The highest BCUT2D eigenvalue weighted by Gasteiger charge is 2.32. The highest BCUT2D eigenvalue weighted by molar-refractivity contribution is 7.09. The smallest absolute Gasteiger partial charge is 0.310 e. The molecule has 0 radical (unpaired) electrons. The molecule has 2 saturated heterocycles. The van der Waals surface area contributed by atoms with Crippen LogP contribution in [0.3, 0.4) is 0 Å². The van der Waals surface area contributed by atoms with Gasteiger partial charge in [-0.05, 0) is 69.7 Å². The Morgan fingerprint density at radius 1 is 1.06 bits per heavy atom. The van der Waals surface area contributed by atoms with E-state index in [0.717, 1.165) is 36.3 Å². The predicted molar refractivity (Wildman–Crippen MR) is 137 cm³/mol. The summed E-state index contributed by atoms with van der Waals surface area (Å²) in [5.41, 5.74) is 2.78. The molecular formula is C27H35N3O5S. The van der Waals surface area contributed by atoms with Crippen molar-refractivity contribution in [3.63, 3.8) is 0 Å². The molecular weight excluding hydrogens is 478 g/mol. The van der Waals surface area contributed by atoms with Crippen molar-refractivity contribution in [1.82, 2.24) is 14.8 Å². The minimum Gasteiger partial charge on any atom is -0.484 e. The Kier molecular flexibility index (Phi) is 8.61. The average Bonchev–Trinajstić information content (AvgIpc) is 3.39. The van der Waals surface area contributed by atoms with Gasteiger partial charge >= 0.3 is 5.97 Å². The van der Waals surface area contributed by atoms with E-state index in [2.05, 4.69) is 4.98 Å². The first-order valence-electron chi connectivity index (χ1n) is 12.7. The number of esters is 1. The van der Waals surface area contributed by atoms with Gasteiger partial charge in [0.2, 0.25) is 0 Å². The fourth-order valence-electron chi connectivity index (χ4n) is 4.77. The fourth-order valence-corrected chi connectivity index (χ4v) is 5.73. The van der Waals surface area contributed by atoms with Gasteiger partial charge in [-0.25, -0.2) is 4.98 Å². The molecule has 8 nitrogen and oxygen atoms in total. The Hall–Kier alpha value is -2.94. The molecule has 0 aliphatic carbocycles. The second-order valence-electron chi connectivity index (χ2n) is 9.60. The summed E-state index contributed by atoms with van der Waals surface area (Å²) < 4.78 is 10.9. The van der Waals surface area contributed by atoms with Crippen molar-refractivity contribution in [2.45, 2.75) is 52.4 Å². The largest absolute Gasteiger partial charge is 0.484 e. The van der Waals surface area contributed by atoms with E-state index < -0.39 is 0 Å². The van der Waals surface area contributed by atoms with Crippen molar-refractivity contribution >= 4 is 29.1 Å². The molecule has 0 N–H and O–H groups in total. The third-order valence-corrected chi connectivity index (χ3v) is 8.11. The first-order chi connectivity index (χ1) is 17.4. The van der Waals surface area contributed by atoms with Gasteiger partial charge in [0.25, 0.3) is 11.8 Å². The van der Waals surface area contributed by atoms with Gasteiger partial charge in [-0.15, -0.1) is 11.3 Å². The molecule has 194 valence electrons. The van der Waals surface area contributed by atoms with E-state index in [-0.39, 0.29) is 36.2 Å². The highest BCUT2D eigenvalue weighted by atomic mass is 32.1. The number of rotatable bonds is 7. The van der Waals surface area contributed by atoms with Gasteiger partial charge in [0.05, 0.1) is 17.5 Å². The number of likely N-dealkylation sites (tertiary alicyclic amines) is 2. The second-order valence-corrected chi connectivity index (χ2v) is 10.5. The average molecular weight is 514 g/mol. The number of amides is 2. The lowest BCUT2D eigenvalue weighted by atomic mass is 9.97. The summed E-state index contributed by atoms with van der Waals surface area (Å²) >= 11 is 1.50. The Bertz CT molecular complexity index is 1090. The number of thiazole rings is 1. The zero-order valence-corrected chi connectivity index (χ0v) is 22.1. The third-order valence-electron chi connectivity index (χ3n) is 7.11. The number of ether oxygens (including phenoxy) is 2. The fraction of sp³-hybridized carbons (Fsp3) is 0.556. The first kappa shape index (κ1) is 26.1. The predicted octanol–water partition coefficient (Wildman–Crippen LogP) is 3.96. The maximum absolute atomic E-state index is 13.0. The molecule has 2 aliphatic heterocycles. The molecule has 4 rings (SSSR count). The van der Waals surface area contributed by atoms with Crippen molar-refractivity contribution in [2.24, 2.45) is 5.92 Å². The lowest BCUT2D eigenvalue weighted by molar-refractivity contribution is -0.149. The van der Waals surface area contributed by atoms with Gasteiger partial charge in [-0.1, -0.05) is 6.07 Å². The molecule has 36 heavy (non-hydrogen) atoms. The zero-order valence-electron chi connectivity index (χ0n) is 21.3. The SMILES string of the molecule is CCOC(=O)C1CCCN(C(=O)c2csc(C3CCN(C(=O)COc4ccc(C)c(C)c4)CC3)n2)C1. The van der Waals surface area contributed by atoms with Gasteiger partial charge in [0.1, 0.15) is 11.4 Å². The van der Waals surface area contributed by atoms with E-state index in [1.807, 2.05) is 42.3 Å². The molecule has 2 aliphatic rings. The monoisotopic (exact) mass is 513 g/mol. The van der Waals surface area contributed by atoms with E-state index in [4.69, 9.17) is 9.47 Å². The van der Waals surface area contributed by atoms with E-state index in [1.165, 1.54) is 16.9 Å². The second kappa shape index (κ2) is 11.9. The van der Waals surface area contributed by atoms with E-state index >= 15 is 0 Å². The van der Waals surface area contributed by atoms with Crippen LogP contribution in [0.25, 0.3) is 0 Å². The lowest BCUT2D eigenvalue weighted by Crippen LogP contribution is -2.43. The highest BCUT2D eigenvalue weighted by Crippen LogP contribution is 2.31. The maximum atomic E-state index is 13.0. The summed E-state index contributed by atoms with van der Waals surface area (Å²) in [4.78, 5) is 46.0. The molecule has 1 atom stereocenters. The number of carbonyl (C=O) groups is 3. The standard InChI is InChI=1S/C27H35N3O5S/c1-4-34-27(33)21-6-5-11-30(15-21)26(32)23-17-36-25(28-23)20-9-12-29(13-10-20)24(31)16-35-22-8-7-18(2)19(3)14-22/h7-8,14,17,20-21H,4-6,9-13,15-16H2,1-3H3. The minimum absolute atomic E-state index is 0.0112. The lowest BCUT2D eigenvalue weighted by Gasteiger charge is -2.31. The first-order valence-corrected chi connectivity index (χ1v) is 13.6. The minimum atomic E-state index is -0.262. The van der Waals surface area contributed by atoms with Crippen LogP contribution in [0.4, 0.5) is 0 Å². The van der Waals surface area contributed by atoms with Crippen LogP contribution >= 0.6 is 11.3 Å². The quantitative estimate of drug-likeness (QED) is 0.521. The van der Waals surface area contributed by atoms with Crippen LogP contribution in [-0.2, 0) is 14.3 Å². The van der Waals surface area contributed by atoms with Crippen LogP contribution in [0.15, 0.2) is 23.6 Å². The van der Waals surface area contributed by atoms with Crippen LogP contribution in [0.2, 0.25) is 0 Å². The van der Waals surface area contributed by atoms with Crippen molar-refractivity contribution < 1.29 is 23.9 Å². The number of aryl methyl sites for hydroxylation is 2. The molecule has 2 aromatic rings. The molecule has 1 aromatic carbocycles. The van der Waals surface area contributed by atoms with E-state index in [1.54, 1.807) is 11.8 Å². The van der Waals surface area contributed by atoms with Crippen LogP contribution in [0.5, 0.6) is 5.75 Å². The number of carbonyl (C=O) groups excluding carboxylic acids is 3. The van der Waals surface area contributed by atoms with Crippen LogP contribution in [-0.4, -0.2) is 72.0 Å². The summed E-state index contributed by atoms with van der Waals surface area (Å²) in [5.74, 6) is 0.320. The Morgan fingerprint density at radius 3 is 2.56 bits per heavy atom. The Balaban J connectivity index is 1.26. The number of hydrogen-bond acceptors (Lipinski definition) is 7. The summed E-state index contributed by atoms with van der Waals surface area (Å²) in [6.45, 7) is 8.56. The zero-order chi connectivity index (χ0) is 25.7. The maximum Gasteiger partial charge on any atom is 0.310 e. The number of benzene rings is 1. The summed E-state index contributed by atoms with van der Waals surface area (Å²) in [6.07, 6.45) is 3.15. The Labute approximate surface area is 216 Å². The molecule has 2 fully saturated rings. The molecule has 0 saturated carbocycles. The molecule has 3 heterocycles. The van der Waals surface area contributed by atoms with Crippen molar-refractivity contribution in [3.8, 4) is 5.75 Å². The molecule has 0 bridgehead atoms. The van der Waals surface area contributed by atoms with Crippen molar-refractivity contribution in [1.29, 1.82) is 0 Å². The number of nitrogens with zero attached hydrogens (tertiary/aromatic N) is 3. The topological polar surface area (TPSA) is 89.0 Å². The summed E-state index contributed by atoms with van der Waals surface area (Å²) in [6, 6.07) is 5.85. The third kappa shape index (κ3) is 6.24. The number of piperidine rings is 2. The van der Waals surface area contributed by atoms with Crippen LogP contribution in [0.1, 0.15) is 65.1 Å². The summed E-state index contributed by atoms with van der Waals surface area (Å²) in [7, 11) is 0. The molecule has 0 spiro atoms. The van der Waals surface area contributed by atoms with Crippen LogP contribution < -0.4 is 4.74 Å². The Morgan fingerprint density at radius 2 is 1.83 bits per heavy atom. The van der Waals surface area contributed by atoms with E-state index in [0.29, 0.717) is 44.2 Å². The van der Waals surface area contributed by atoms with Gasteiger partial charge in [0.15, 0.2) is 6.61 Å². The van der Waals surface area contributed by atoms with Gasteiger partial charge in [-0.2, -0.15) is 0 Å². The van der Waals surface area contributed by atoms with Gasteiger partial charge in [0, 0.05) is 37.5 Å². The van der Waals surface area contributed by atoms with Gasteiger partial charge in [-0.3, -0.25) is 14.4 Å².